The van der Waals surface area contributed by atoms with E-state index in [9.17, 15) is 0 Å². The van der Waals surface area contributed by atoms with Gasteiger partial charge in [0, 0.05) is 11.9 Å². The number of hydrogen-bond donors (Lipinski definition) is 0. The fourth-order valence-corrected chi connectivity index (χ4v) is 4.34. The van der Waals surface area contributed by atoms with Crippen LogP contribution in [0, 0.1) is 6.92 Å². The predicted octanol–water partition coefficient (Wildman–Crippen LogP) is 3.62. The fourth-order valence-electron chi connectivity index (χ4n) is 4.34. The van der Waals surface area contributed by atoms with Gasteiger partial charge in [-0.05, 0) is 43.0 Å². The first kappa shape index (κ1) is 14.8. The number of rotatable bonds is 1. The molecule has 1 aliphatic carbocycles. The normalized spacial score (nSPS) is 22.5. The zero-order chi connectivity index (χ0) is 16.9. The van der Waals surface area contributed by atoms with Gasteiger partial charge in [-0.3, -0.25) is 0 Å². The van der Waals surface area contributed by atoms with E-state index in [0.717, 1.165) is 49.3 Å². The Kier molecular flexibility index (Phi) is 3.28. The minimum atomic E-state index is -0.198. The zero-order valence-electron chi connectivity index (χ0n) is 14.4. The molecule has 1 saturated heterocycles. The van der Waals surface area contributed by atoms with Crippen molar-refractivity contribution in [2.45, 2.75) is 25.4 Å². The van der Waals surface area contributed by atoms with E-state index in [1.54, 1.807) is 6.33 Å². The molecule has 4 nitrogen and oxygen atoms in total. The number of hydrogen-bond acceptors (Lipinski definition) is 4. The minimum absolute atomic E-state index is 0.198. The van der Waals surface area contributed by atoms with Gasteiger partial charge in [-0.2, -0.15) is 0 Å². The van der Waals surface area contributed by atoms with Crippen molar-refractivity contribution in [3.63, 3.8) is 0 Å². The average molecular weight is 331 g/mol. The van der Waals surface area contributed by atoms with Gasteiger partial charge >= 0.3 is 0 Å². The SMILES string of the molecule is Cc1ccc2ncnc(N3CCOC4(CCc5ccccc54)C3)c2c1. The summed E-state index contributed by atoms with van der Waals surface area (Å²) in [4.78, 5) is 11.5. The third kappa shape index (κ3) is 2.32. The van der Waals surface area contributed by atoms with Crippen molar-refractivity contribution in [3.05, 3.63) is 65.5 Å². The fraction of sp³-hybridized carbons (Fsp3) is 0.333. The molecule has 1 aliphatic heterocycles. The van der Waals surface area contributed by atoms with Crippen LogP contribution in [0.15, 0.2) is 48.8 Å². The van der Waals surface area contributed by atoms with E-state index in [1.165, 1.54) is 16.7 Å². The molecule has 1 unspecified atom stereocenters. The molecule has 126 valence electrons. The molecule has 0 saturated carbocycles. The highest BCUT2D eigenvalue weighted by atomic mass is 16.5. The predicted molar refractivity (Wildman–Crippen MR) is 98.9 cm³/mol. The number of ether oxygens (including phenoxy) is 1. The van der Waals surface area contributed by atoms with Crippen LogP contribution < -0.4 is 4.90 Å². The van der Waals surface area contributed by atoms with Gasteiger partial charge in [-0.25, -0.2) is 9.97 Å². The molecule has 2 aliphatic rings. The Morgan fingerprint density at radius 2 is 2.04 bits per heavy atom. The topological polar surface area (TPSA) is 38.2 Å². The second kappa shape index (κ2) is 5.53. The van der Waals surface area contributed by atoms with Gasteiger partial charge < -0.3 is 9.64 Å². The van der Waals surface area contributed by atoms with Crippen LogP contribution in [0.3, 0.4) is 0 Å². The molecule has 25 heavy (non-hydrogen) atoms. The summed E-state index contributed by atoms with van der Waals surface area (Å²) in [6.45, 7) is 4.56. The summed E-state index contributed by atoms with van der Waals surface area (Å²) in [5.74, 6) is 1.03. The first-order chi connectivity index (χ1) is 12.3. The molecule has 5 rings (SSSR count). The smallest absolute Gasteiger partial charge is 0.140 e. The third-order valence-corrected chi connectivity index (χ3v) is 5.56. The summed E-state index contributed by atoms with van der Waals surface area (Å²) in [6, 6.07) is 15.1. The van der Waals surface area contributed by atoms with Gasteiger partial charge in [0.2, 0.25) is 0 Å². The molecule has 2 aromatic carbocycles. The Balaban J connectivity index is 1.58. The number of morpholine rings is 1. The summed E-state index contributed by atoms with van der Waals surface area (Å²) in [5, 5.41) is 1.13. The number of benzene rings is 2. The number of anilines is 1. The molecule has 1 aromatic heterocycles. The van der Waals surface area contributed by atoms with E-state index in [2.05, 4.69) is 64.3 Å². The van der Waals surface area contributed by atoms with Crippen LogP contribution in [0.1, 0.15) is 23.1 Å². The quantitative estimate of drug-likeness (QED) is 0.683. The molecule has 1 atom stereocenters. The van der Waals surface area contributed by atoms with Crippen molar-refractivity contribution >= 4 is 16.7 Å². The van der Waals surface area contributed by atoms with E-state index < -0.39 is 0 Å². The minimum Gasteiger partial charge on any atom is -0.367 e. The lowest BCUT2D eigenvalue weighted by atomic mass is 9.93. The van der Waals surface area contributed by atoms with Crippen LogP contribution in [-0.4, -0.2) is 29.7 Å². The molecule has 0 radical (unpaired) electrons. The second-order valence-electron chi connectivity index (χ2n) is 7.14. The van der Waals surface area contributed by atoms with Crippen LogP contribution in [0.4, 0.5) is 5.82 Å². The number of nitrogens with zero attached hydrogens (tertiary/aromatic N) is 3. The Morgan fingerprint density at radius 1 is 1.12 bits per heavy atom. The van der Waals surface area contributed by atoms with E-state index in [0.29, 0.717) is 0 Å². The van der Waals surface area contributed by atoms with Crippen molar-refractivity contribution in [2.24, 2.45) is 0 Å². The van der Waals surface area contributed by atoms with Gasteiger partial charge in [-0.1, -0.05) is 35.9 Å². The molecular weight excluding hydrogens is 310 g/mol. The molecule has 0 N–H and O–H groups in total. The maximum atomic E-state index is 6.36. The lowest BCUT2D eigenvalue weighted by molar-refractivity contribution is -0.0593. The number of aromatic nitrogens is 2. The van der Waals surface area contributed by atoms with Crippen molar-refractivity contribution in [1.82, 2.24) is 9.97 Å². The van der Waals surface area contributed by atoms with Crippen LogP contribution in [-0.2, 0) is 16.8 Å². The van der Waals surface area contributed by atoms with Crippen molar-refractivity contribution in [1.29, 1.82) is 0 Å². The Morgan fingerprint density at radius 3 is 3.00 bits per heavy atom. The zero-order valence-corrected chi connectivity index (χ0v) is 14.4. The number of fused-ring (bicyclic) bond motifs is 3. The summed E-state index contributed by atoms with van der Waals surface area (Å²) < 4.78 is 6.36. The summed E-state index contributed by atoms with van der Waals surface area (Å²) in [7, 11) is 0. The molecule has 2 heterocycles. The van der Waals surface area contributed by atoms with Gasteiger partial charge in [0.1, 0.15) is 17.7 Å². The van der Waals surface area contributed by atoms with Crippen LogP contribution in [0.2, 0.25) is 0 Å². The van der Waals surface area contributed by atoms with Crippen LogP contribution in [0.25, 0.3) is 10.9 Å². The van der Waals surface area contributed by atoms with Gasteiger partial charge in [0.15, 0.2) is 0 Å². The maximum absolute atomic E-state index is 6.36. The molecule has 0 amide bonds. The Bertz CT molecular complexity index is 951. The van der Waals surface area contributed by atoms with Gasteiger partial charge in [0.25, 0.3) is 0 Å². The van der Waals surface area contributed by atoms with E-state index in [1.807, 2.05) is 0 Å². The first-order valence-electron chi connectivity index (χ1n) is 8.94. The monoisotopic (exact) mass is 331 g/mol. The Hall–Kier alpha value is -2.46. The van der Waals surface area contributed by atoms with Crippen molar-refractivity contribution in [3.8, 4) is 0 Å². The van der Waals surface area contributed by atoms with E-state index in [4.69, 9.17) is 4.74 Å². The molecule has 3 aromatic rings. The van der Waals surface area contributed by atoms with E-state index in [-0.39, 0.29) is 5.60 Å². The summed E-state index contributed by atoms with van der Waals surface area (Å²) in [5.41, 5.74) is 4.82. The average Bonchev–Trinajstić information content (AvgIpc) is 2.99. The second-order valence-corrected chi connectivity index (χ2v) is 7.14. The molecule has 0 bridgehead atoms. The summed E-state index contributed by atoms with van der Waals surface area (Å²) >= 11 is 0. The van der Waals surface area contributed by atoms with Crippen LogP contribution >= 0.6 is 0 Å². The lowest BCUT2D eigenvalue weighted by Crippen LogP contribution is -2.49. The molecule has 1 fully saturated rings. The molecule has 4 heteroatoms. The van der Waals surface area contributed by atoms with Crippen LogP contribution in [0.5, 0.6) is 0 Å². The molecular formula is C21H21N3O. The van der Waals surface area contributed by atoms with Crippen molar-refractivity contribution < 1.29 is 4.74 Å². The standard InChI is InChI=1S/C21H21N3O/c1-15-6-7-19-17(12-15)20(23-14-22-19)24-10-11-25-21(13-24)9-8-16-4-2-3-5-18(16)21/h2-7,12,14H,8-11,13H2,1H3. The lowest BCUT2D eigenvalue weighted by Gasteiger charge is -2.42. The highest BCUT2D eigenvalue weighted by molar-refractivity contribution is 5.89. The first-order valence-corrected chi connectivity index (χ1v) is 8.94. The summed E-state index contributed by atoms with van der Waals surface area (Å²) in [6.07, 6.45) is 3.82. The van der Waals surface area contributed by atoms with Gasteiger partial charge in [0.05, 0.1) is 18.7 Å². The molecule has 1 spiro atoms. The largest absolute Gasteiger partial charge is 0.367 e. The van der Waals surface area contributed by atoms with Crippen molar-refractivity contribution in [2.75, 3.05) is 24.6 Å². The van der Waals surface area contributed by atoms with Gasteiger partial charge in [-0.15, -0.1) is 0 Å². The Labute approximate surface area is 147 Å². The maximum Gasteiger partial charge on any atom is 0.140 e. The highest BCUT2D eigenvalue weighted by Crippen LogP contribution is 2.43. The van der Waals surface area contributed by atoms with E-state index >= 15 is 0 Å². The third-order valence-electron chi connectivity index (χ3n) is 5.56. The highest BCUT2D eigenvalue weighted by Gasteiger charge is 2.43. The number of aryl methyl sites for hydroxylation is 2.